The zero-order valence-electron chi connectivity index (χ0n) is 7.28. The maximum atomic E-state index is 9.90. The van der Waals surface area contributed by atoms with Crippen molar-refractivity contribution in [1.82, 2.24) is 0 Å². The van der Waals surface area contributed by atoms with E-state index in [-0.39, 0.29) is 20.0 Å². The molecule has 4 nitrogen and oxygen atoms in total. The molecule has 0 atom stereocenters. The predicted molar refractivity (Wildman–Crippen MR) is 49.6 cm³/mol. The van der Waals surface area contributed by atoms with Gasteiger partial charge in [0.25, 0.3) is 0 Å². The molecule has 0 saturated carbocycles. The standard InChI is InChI=1S/C5H5.4CHO.V/c1-2-4-5-3-1;4*1-2;/h1-5H;4*1H;. The molecule has 0 heterocycles. The fourth-order valence-electron chi connectivity index (χ4n) is 0.470. The third kappa shape index (κ3) is 4.12. The molecule has 0 N–H and O–H groups in total. The van der Waals surface area contributed by atoms with Crippen molar-refractivity contribution in [2.24, 2.45) is 0 Å². The first-order chi connectivity index (χ1) is 6.74. The summed E-state index contributed by atoms with van der Waals surface area (Å²) in [6.07, 6.45) is 10.0. The molecule has 0 saturated heterocycles. The van der Waals surface area contributed by atoms with Gasteiger partial charge >= 0.3 is 53.2 Å². The van der Waals surface area contributed by atoms with E-state index in [1.165, 1.54) is 0 Å². The van der Waals surface area contributed by atoms with Gasteiger partial charge in [0.1, 0.15) is 0 Å². The molecule has 0 amide bonds. The molecule has 0 aliphatic heterocycles. The smallest absolute Gasteiger partial charge is 0.00506 e. The Labute approximate surface area is 84.3 Å². The molecule has 0 aromatic rings. The molecular weight excluding hydrogens is 223 g/mol. The molecule has 1 aliphatic rings. The van der Waals surface area contributed by atoms with Crippen molar-refractivity contribution in [1.29, 1.82) is 0 Å². The number of rotatable bonds is 4. The van der Waals surface area contributed by atoms with E-state index in [1.807, 2.05) is 30.7 Å². The third-order valence-electron chi connectivity index (χ3n) is 1.29. The number of hydrogen-bond acceptors (Lipinski definition) is 4. The molecule has 1 rings (SSSR count). The molecule has 5 heteroatoms. The SMILES string of the molecule is O=[CH][V]([CH]=O)([CH]=O)[CH]=O.[CH]1C=CC=C1. The summed E-state index contributed by atoms with van der Waals surface area (Å²) < 4.78 is 0. The minimum atomic E-state index is -3.74. The molecule has 1 aliphatic carbocycles. The first-order valence-electron chi connectivity index (χ1n) is 3.64. The van der Waals surface area contributed by atoms with Crippen molar-refractivity contribution in [3.8, 4) is 0 Å². The average molecular weight is 232 g/mol. The van der Waals surface area contributed by atoms with E-state index >= 15 is 0 Å². The largest absolute Gasteiger partial charge is 0.0767 e. The Balaban J connectivity index is 0.000000280. The van der Waals surface area contributed by atoms with Crippen molar-refractivity contribution in [3.05, 3.63) is 30.7 Å². The molecule has 1 radical (unpaired) electrons. The summed E-state index contributed by atoms with van der Waals surface area (Å²) in [7, 11) is 0. The van der Waals surface area contributed by atoms with E-state index in [1.54, 1.807) is 0 Å². The zero-order chi connectivity index (χ0) is 10.9. The van der Waals surface area contributed by atoms with Gasteiger partial charge in [-0.25, -0.2) is 0 Å². The molecule has 0 aromatic heterocycles. The fourth-order valence-corrected chi connectivity index (χ4v) is 0.935. The Kier molecular flexibility index (Phi) is 6.53. The second-order valence-electron chi connectivity index (χ2n) is 2.28. The molecule has 0 fully saturated rings. The van der Waals surface area contributed by atoms with Gasteiger partial charge in [0, 0.05) is 6.42 Å². The van der Waals surface area contributed by atoms with Crippen LogP contribution in [0.15, 0.2) is 24.3 Å². The Hall–Kier alpha value is -1.26. The summed E-state index contributed by atoms with van der Waals surface area (Å²) in [5, 5.41) is 0. The maximum absolute atomic E-state index is 9.90. The van der Waals surface area contributed by atoms with Crippen molar-refractivity contribution < 1.29 is 33.2 Å². The number of allylic oxidation sites excluding steroid dienone is 4. The van der Waals surface area contributed by atoms with E-state index in [9.17, 15) is 19.2 Å². The molecule has 0 bridgehead atoms. The zero-order valence-corrected chi connectivity index (χ0v) is 8.67. The summed E-state index contributed by atoms with van der Waals surface area (Å²) in [5.41, 5.74) is 0. The van der Waals surface area contributed by atoms with Crippen LogP contribution in [0.5, 0.6) is 0 Å². The molecule has 14 heavy (non-hydrogen) atoms. The van der Waals surface area contributed by atoms with Gasteiger partial charge in [0.15, 0.2) is 0 Å². The molecule has 0 spiro atoms. The van der Waals surface area contributed by atoms with E-state index in [2.05, 4.69) is 0 Å². The summed E-state index contributed by atoms with van der Waals surface area (Å²) in [6.45, 7) is 0. The first-order valence-corrected chi connectivity index (χ1v) is 6.87. The number of carbonyl (C=O) groups excluding carboxylic acids is 4. The van der Waals surface area contributed by atoms with Crippen LogP contribution in [0.3, 0.4) is 0 Å². The van der Waals surface area contributed by atoms with Crippen LogP contribution in [-0.2, 0) is 33.2 Å². The Morgan fingerprint density at radius 2 is 1.00 bits per heavy atom. The topological polar surface area (TPSA) is 68.3 Å². The van der Waals surface area contributed by atoms with Crippen LogP contribution < -0.4 is 0 Å². The molecule has 74 valence electrons. The van der Waals surface area contributed by atoms with Crippen molar-refractivity contribution in [3.63, 3.8) is 0 Å². The number of hydrogen-bond donors (Lipinski definition) is 0. The van der Waals surface area contributed by atoms with Crippen LogP contribution >= 0.6 is 0 Å². The van der Waals surface area contributed by atoms with Crippen molar-refractivity contribution in [2.75, 3.05) is 0 Å². The normalized spacial score (nSPS) is 12.6. The third-order valence-corrected chi connectivity index (χ3v) is 3.57. The van der Waals surface area contributed by atoms with Crippen molar-refractivity contribution in [2.45, 2.75) is 0 Å². The average Bonchev–Trinajstić information content (AvgIpc) is 2.80. The van der Waals surface area contributed by atoms with Crippen molar-refractivity contribution >= 4 is 20.0 Å². The summed E-state index contributed by atoms with van der Waals surface area (Å²) in [5.74, 6) is 0. The second-order valence-corrected chi connectivity index (χ2v) is 6.39. The quantitative estimate of drug-likeness (QED) is 0.650. The van der Waals surface area contributed by atoms with Crippen LogP contribution in [0, 0.1) is 6.42 Å². The van der Waals surface area contributed by atoms with Gasteiger partial charge in [0.2, 0.25) is 0 Å². The van der Waals surface area contributed by atoms with E-state index in [4.69, 9.17) is 0 Å². The van der Waals surface area contributed by atoms with Gasteiger partial charge in [-0.15, -0.1) is 0 Å². The van der Waals surface area contributed by atoms with Crippen LogP contribution in [-0.4, -0.2) is 20.0 Å². The fraction of sp³-hybridized carbons (Fsp3) is 0. The molecule has 0 unspecified atom stereocenters. The summed E-state index contributed by atoms with van der Waals surface area (Å²) >= 11 is -3.74. The van der Waals surface area contributed by atoms with Crippen LogP contribution in [0.2, 0.25) is 0 Å². The van der Waals surface area contributed by atoms with Gasteiger partial charge in [-0.05, 0) is 0 Å². The summed E-state index contributed by atoms with van der Waals surface area (Å²) in [4.78, 5) is 40.3. The maximum Gasteiger partial charge on any atom is 0.00506 e. The van der Waals surface area contributed by atoms with Gasteiger partial charge in [-0.3, -0.25) is 0 Å². The Morgan fingerprint density at radius 1 is 0.643 bits per heavy atom. The van der Waals surface area contributed by atoms with Crippen LogP contribution in [0.4, 0.5) is 0 Å². The Morgan fingerprint density at radius 3 is 1.07 bits per heavy atom. The minimum absolute atomic E-state index is 0.172. The van der Waals surface area contributed by atoms with Gasteiger partial charge in [-0.1, -0.05) is 24.3 Å². The number of carbonyl (C=O) groups is 4. The monoisotopic (exact) mass is 232 g/mol. The van der Waals surface area contributed by atoms with E-state index in [0.29, 0.717) is 0 Å². The molecule has 0 aromatic carbocycles. The van der Waals surface area contributed by atoms with Gasteiger partial charge in [-0.2, -0.15) is 0 Å². The second kappa shape index (κ2) is 7.18. The van der Waals surface area contributed by atoms with E-state index < -0.39 is 14.0 Å². The summed E-state index contributed by atoms with van der Waals surface area (Å²) in [6, 6.07) is 0. The Bertz CT molecular complexity index is 233. The minimum Gasteiger partial charge on any atom is -0.0767 e. The van der Waals surface area contributed by atoms with E-state index in [0.717, 1.165) is 0 Å². The van der Waals surface area contributed by atoms with Gasteiger partial charge in [0.05, 0.1) is 0 Å². The first kappa shape index (κ1) is 12.7. The molecular formula is C9H9O4V. The van der Waals surface area contributed by atoms with Gasteiger partial charge < -0.3 is 0 Å². The predicted octanol–water partition coefficient (Wildman–Crippen LogP) is 0.218. The van der Waals surface area contributed by atoms with Crippen LogP contribution in [0.1, 0.15) is 0 Å². The van der Waals surface area contributed by atoms with Crippen LogP contribution in [0.25, 0.3) is 0 Å².